The molecule has 5 nitrogen and oxygen atoms in total. The number of methoxy groups -OCH3 is 1. The molecule has 0 unspecified atom stereocenters. The summed E-state index contributed by atoms with van der Waals surface area (Å²) < 4.78 is 10.8. The van der Waals surface area contributed by atoms with Crippen LogP contribution in [-0.2, 0) is 9.53 Å². The van der Waals surface area contributed by atoms with E-state index in [1.807, 2.05) is 13.0 Å². The van der Waals surface area contributed by atoms with E-state index in [0.717, 1.165) is 5.56 Å². The molecular formula is C13H18N2O3. The summed E-state index contributed by atoms with van der Waals surface area (Å²) in [7, 11) is 1.61. The Hall–Kier alpha value is -1.62. The van der Waals surface area contributed by atoms with Crippen LogP contribution in [0.1, 0.15) is 19.4 Å². The fourth-order valence-corrected chi connectivity index (χ4v) is 1.94. The van der Waals surface area contributed by atoms with Gasteiger partial charge in [-0.15, -0.1) is 0 Å². The van der Waals surface area contributed by atoms with Gasteiger partial charge in [0, 0.05) is 13.3 Å². The zero-order chi connectivity index (χ0) is 13.3. The molecule has 18 heavy (non-hydrogen) atoms. The lowest BCUT2D eigenvalue weighted by atomic mass is 10.1. The second-order valence-corrected chi connectivity index (χ2v) is 4.90. The van der Waals surface area contributed by atoms with Crippen molar-refractivity contribution in [3.8, 4) is 5.75 Å². The Balaban J connectivity index is 2.42. The summed E-state index contributed by atoms with van der Waals surface area (Å²) in [6.07, 6.45) is 1.73. The molecule has 0 aliphatic carbocycles. The molecule has 0 saturated heterocycles. The van der Waals surface area contributed by atoms with E-state index in [2.05, 4.69) is 4.98 Å². The molecule has 1 aromatic rings. The smallest absolute Gasteiger partial charge is 0.271 e. The summed E-state index contributed by atoms with van der Waals surface area (Å²) in [5.41, 5.74) is 0.140. The molecule has 0 aromatic carbocycles. The van der Waals surface area contributed by atoms with E-state index in [4.69, 9.17) is 9.47 Å². The summed E-state index contributed by atoms with van der Waals surface area (Å²) >= 11 is 0. The minimum absolute atomic E-state index is 0.0941. The van der Waals surface area contributed by atoms with Crippen molar-refractivity contribution >= 4 is 11.7 Å². The molecule has 1 aliphatic heterocycles. The summed E-state index contributed by atoms with van der Waals surface area (Å²) in [4.78, 5) is 18.2. The zero-order valence-electron chi connectivity index (χ0n) is 11.2. The molecule has 1 amide bonds. The maximum absolute atomic E-state index is 12.3. The molecule has 98 valence electrons. The molecule has 0 N–H and O–H groups in total. The Morgan fingerprint density at radius 2 is 2.22 bits per heavy atom. The standard InChI is InChI=1S/C13H18N2O3/c1-9-7-10-11(14-8-9)15(5-6-17-4)12(16)13(2,3)18-10/h7-8H,5-6H2,1-4H3. The topological polar surface area (TPSA) is 51.7 Å². The highest BCUT2D eigenvalue weighted by molar-refractivity contribution is 6.01. The number of pyridine rings is 1. The highest BCUT2D eigenvalue weighted by Crippen LogP contribution is 2.36. The lowest BCUT2D eigenvalue weighted by molar-refractivity contribution is -0.133. The summed E-state index contributed by atoms with van der Waals surface area (Å²) in [6.45, 7) is 6.42. The van der Waals surface area contributed by atoms with Crippen LogP contribution < -0.4 is 9.64 Å². The van der Waals surface area contributed by atoms with Gasteiger partial charge in [0.05, 0.1) is 13.2 Å². The van der Waals surface area contributed by atoms with Crippen molar-refractivity contribution in [1.82, 2.24) is 4.98 Å². The number of aromatic nitrogens is 1. The highest BCUT2D eigenvalue weighted by atomic mass is 16.5. The van der Waals surface area contributed by atoms with Gasteiger partial charge in [-0.2, -0.15) is 0 Å². The lowest BCUT2D eigenvalue weighted by Crippen LogP contribution is -2.53. The van der Waals surface area contributed by atoms with Gasteiger partial charge in [-0.25, -0.2) is 4.98 Å². The van der Waals surface area contributed by atoms with Gasteiger partial charge in [0.2, 0.25) is 0 Å². The van der Waals surface area contributed by atoms with Gasteiger partial charge in [-0.05, 0) is 32.4 Å². The normalized spacial score (nSPS) is 17.3. The molecule has 0 atom stereocenters. The molecule has 5 heteroatoms. The van der Waals surface area contributed by atoms with Crippen LogP contribution in [0, 0.1) is 6.92 Å². The average molecular weight is 250 g/mol. The van der Waals surface area contributed by atoms with E-state index >= 15 is 0 Å². The van der Waals surface area contributed by atoms with Crippen molar-refractivity contribution in [2.75, 3.05) is 25.2 Å². The number of ether oxygens (including phenoxy) is 2. The second kappa shape index (κ2) is 4.57. The predicted molar refractivity (Wildman–Crippen MR) is 67.9 cm³/mol. The monoisotopic (exact) mass is 250 g/mol. The SMILES string of the molecule is COCCN1C(=O)C(C)(C)Oc2cc(C)cnc21. The zero-order valence-corrected chi connectivity index (χ0v) is 11.2. The van der Waals surface area contributed by atoms with Crippen molar-refractivity contribution in [3.63, 3.8) is 0 Å². The third-order valence-electron chi connectivity index (χ3n) is 2.87. The van der Waals surface area contributed by atoms with E-state index in [0.29, 0.717) is 24.7 Å². The third-order valence-corrected chi connectivity index (χ3v) is 2.87. The van der Waals surface area contributed by atoms with E-state index < -0.39 is 5.60 Å². The number of aryl methyl sites for hydroxylation is 1. The van der Waals surface area contributed by atoms with Gasteiger partial charge >= 0.3 is 0 Å². The van der Waals surface area contributed by atoms with E-state index in [1.54, 1.807) is 32.1 Å². The first-order valence-corrected chi connectivity index (χ1v) is 5.92. The Morgan fingerprint density at radius 1 is 1.50 bits per heavy atom. The largest absolute Gasteiger partial charge is 0.474 e. The molecule has 1 aromatic heterocycles. The minimum atomic E-state index is -0.865. The number of nitrogens with zero attached hydrogens (tertiary/aromatic N) is 2. The quantitative estimate of drug-likeness (QED) is 0.816. The molecule has 0 spiro atoms. The highest BCUT2D eigenvalue weighted by Gasteiger charge is 2.41. The third kappa shape index (κ3) is 2.18. The number of carbonyl (C=O) groups excluding carboxylic acids is 1. The molecule has 2 rings (SSSR count). The van der Waals surface area contributed by atoms with Gasteiger partial charge < -0.3 is 9.47 Å². The second-order valence-electron chi connectivity index (χ2n) is 4.90. The molecule has 0 bridgehead atoms. The van der Waals surface area contributed by atoms with Gasteiger partial charge in [-0.3, -0.25) is 9.69 Å². The van der Waals surface area contributed by atoms with E-state index in [1.165, 1.54) is 0 Å². The summed E-state index contributed by atoms with van der Waals surface area (Å²) in [6, 6.07) is 1.90. The first-order chi connectivity index (χ1) is 8.45. The number of amides is 1. The van der Waals surface area contributed by atoms with Crippen LogP contribution in [0.2, 0.25) is 0 Å². The first kappa shape index (κ1) is 12.8. The fraction of sp³-hybridized carbons (Fsp3) is 0.538. The molecule has 0 saturated carbocycles. The van der Waals surface area contributed by atoms with Crippen LogP contribution >= 0.6 is 0 Å². The van der Waals surface area contributed by atoms with Crippen molar-refractivity contribution in [1.29, 1.82) is 0 Å². The Morgan fingerprint density at radius 3 is 2.89 bits per heavy atom. The number of fused-ring (bicyclic) bond motifs is 1. The van der Waals surface area contributed by atoms with Crippen molar-refractivity contribution < 1.29 is 14.3 Å². The minimum Gasteiger partial charge on any atom is -0.474 e. The summed E-state index contributed by atoms with van der Waals surface area (Å²) in [5.74, 6) is 1.13. The number of rotatable bonds is 3. The maximum atomic E-state index is 12.3. The van der Waals surface area contributed by atoms with Gasteiger partial charge in [-0.1, -0.05) is 0 Å². The van der Waals surface area contributed by atoms with E-state index in [9.17, 15) is 4.79 Å². The number of carbonyl (C=O) groups is 1. The van der Waals surface area contributed by atoms with Crippen LogP contribution in [0.3, 0.4) is 0 Å². The van der Waals surface area contributed by atoms with Crippen LogP contribution in [-0.4, -0.2) is 36.8 Å². The van der Waals surface area contributed by atoms with Crippen LogP contribution in [0.15, 0.2) is 12.3 Å². The van der Waals surface area contributed by atoms with Crippen molar-refractivity contribution in [2.45, 2.75) is 26.4 Å². The molecular weight excluding hydrogens is 232 g/mol. The predicted octanol–water partition coefficient (Wildman–Crippen LogP) is 1.54. The first-order valence-electron chi connectivity index (χ1n) is 5.92. The van der Waals surface area contributed by atoms with Crippen LogP contribution in [0.4, 0.5) is 5.82 Å². The lowest BCUT2D eigenvalue weighted by Gasteiger charge is -2.37. The number of hydrogen-bond donors (Lipinski definition) is 0. The molecule has 1 aliphatic rings. The van der Waals surface area contributed by atoms with Crippen LogP contribution in [0.5, 0.6) is 5.75 Å². The van der Waals surface area contributed by atoms with Gasteiger partial charge in [0.1, 0.15) is 0 Å². The number of anilines is 1. The van der Waals surface area contributed by atoms with Gasteiger partial charge in [0.25, 0.3) is 5.91 Å². The van der Waals surface area contributed by atoms with Gasteiger partial charge in [0.15, 0.2) is 17.2 Å². The average Bonchev–Trinajstić information content (AvgIpc) is 2.29. The maximum Gasteiger partial charge on any atom is 0.271 e. The van der Waals surface area contributed by atoms with Crippen molar-refractivity contribution in [3.05, 3.63) is 17.8 Å². The Bertz CT molecular complexity index is 471. The molecule has 0 fully saturated rings. The molecule has 2 heterocycles. The molecule has 0 radical (unpaired) electrons. The Labute approximate surface area is 107 Å². The Kier molecular flexibility index (Phi) is 3.26. The number of hydrogen-bond acceptors (Lipinski definition) is 4. The van der Waals surface area contributed by atoms with Crippen molar-refractivity contribution in [2.24, 2.45) is 0 Å². The fourth-order valence-electron chi connectivity index (χ4n) is 1.94. The van der Waals surface area contributed by atoms with Crippen LogP contribution in [0.25, 0.3) is 0 Å². The summed E-state index contributed by atoms with van der Waals surface area (Å²) in [5, 5.41) is 0. The van der Waals surface area contributed by atoms with E-state index in [-0.39, 0.29) is 5.91 Å².